The lowest BCUT2D eigenvalue weighted by atomic mass is 10.4. The maximum atomic E-state index is 6.16. The first kappa shape index (κ1) is 37.6. The van der Waals surface area contributed by atoms with Gasteiger partial charge in [0.15, 0.2) is 9.04 Å². The number of rotatable bonds is 0. The lowest BCUT2D eigenvalue weighted by Crippen LogP contribution is -2.51. The van der Waals surface area contributed by atoms with Crippen LogP contribution < -0.4 is 0 Å². The van der Waals surface area contributed by atoms with Crippen LogP contribution in [0.2, 0.25) is 38.8 Å². The Kier molecular flexibility index (Phi) is 27.6. The molecule has 1 rings (SSSR count). The molecule has 0 aromatic heterocycles. The van der Waals surface area contributed by atoms with Crippen molar-refractivity contribution < 1.29 is 12.7 Å². The van der Waals surface area contributed by atoms with Gasteiger partial charge in [-0.2, -0.15) is 0 Å². The molecule has 1 atom stereocenters. The third-order valence-electron chi connectivity index (χ3n) is 2.43. The van der Waals surface area contributed by atoms with E-state index in [1.165, 1.54) is 12.5 Å². The van der Waals surface area contributed by atoms with Crippen molar-refractivity contribution in [3.05, 3.63) is 0 Å². The van der Waals surface area contributed by atoms with Crippen molar-refractivity contribution in [3.63, 3.8) is 0 Å². The van der Waals surface area contributed by atoms with Crippen molar-refractivity contribution in [1.29, 1.82) is 0 Å². The third-order valence-corrected chi connectivity index (χ3v) is 12.4. The van der Waals surface area contributed by atoms with Crippen LogP contribution in [0, 0.1) is 0 Å². The Labute approximate surface area is 142 Å². The van der Waals surface area contributed by atoms with Gasteiger partial charge < -0.3 is 12.7 Å². The molecule has 3 nitrogen and oxygen atoms in total. The molecule has 0 aromatic carbocycles. The molecule has 1 unspecified atom stereocenters. The van der Waals surface area contributed by atoms with Gasteiger partial charge >= 0.3 is 17.1 Å². The normalized spacial score (nSPS) is 23.0. The standard InChI is InChI=1S/C9H24O3Si3.6CH4/c1-13-9-7-6-8-10-14(2,3)12-15(4,5)11-13;;;;;;/h13H,6-9H2,1-5H3;6*1H4. The smallest absolute Gasteiger partial charge is 0.322 e. The molecule has 0 radical (unpaired) electrons. The van der Waals surface area contributed by atoms with Gasteiger partial charge in [-0.05, 0) is 45.2 Å². The molecule has 1 aliphatic heterocycles. The van der Waals surface area contributed by atoms with Gasteiger partial charge in [0.25, 0.3) is 0 Å². The molecule has 1 aliphatic rings. The van der Waals surface area contributed by atoms with Gasteiger partial charge in [0, 0.05) is 6.61 Å². The maximum absolute atomic E-state index is 6.16. The molecule has 0 amide bonds. The lowest BCUT2D eigenvalue weighted by Gasteiger charge is -2.35. The zero-order valence-corrected chi connectivity index (χ0v) is 13.8. The Morgan fingerprint density at radius 1 is 0.762 bits per heavy atom. The zero-order valence-electron chi connectivity index (χ0n) is 10.6. The van der Waals surface area contributed by atoms with E-state index in [2.05, 4.69) is 32.7 Å². The van der Waals surface area contributed by atoms with Gasteiger partial charge in [0.1, 0.15) is 0 Å². The van der Waals surface area contributed by atoms with Crippen LogP contribution in [0.25, 0.3) is 0 Å². The van der Waals surface area contributed by atoms with E-state index >= 15 is 0 Å². The molecule has 1 fully saturated rings. The maximum Gasteiger partial charge on any atom is 0.322 e. The molecular weight excluding hydrogens is 312 g/mol. The van der Waals surface area contributed by atoms with Crippen LogP contribution in [0.5, 0.6) is 0 Å². The van der Waals surface area contributed by atoms with Gasteiger partial charge in [-0.1, -0.05) is 51.0 Å². The Bertz CT molecular complexity index is 212. The molecule has 1 saturated heterocycles. The molecule has 21 heavy (non-hydrogen) atoms. The van der Waals surface area contributed by atoms with E-state index in [4.69, 9.17) is 12.7 Å². The minimum absolute atomic E-state index is 0. The van der Waals surface area contributed by atoms with Crippen molar-refractivity contribution in [1.82, 2.24) is 0 Å². The Hall–Kier alpha value is 0.531. The quantitative estimate of drug-likeness (QED) is 0.467. The fraction of sp³-hybridized carbons (Fsp3) is 1.00. The van der Waals surface area contributed by atoms with Crippen molar-refractivity contribution in [2.45, 2.75) is 96.2 Å². The molecule has 0 aromatic rings. The molecule has 0 saturated carbocycles. The molecule has 0 bridgehead atoms. The van der Waals surface area contributed by atoms with E-state index in [-0.39, 0.29) is 44.6 Å². The second-order valence-electron chi connectivity index (χ2n) is 5.17. The van der Waals surface area contributed by atoms with Gasteiger partial charge in [0.2, 0.25) is 0 Å². The summed E-state index contributed by atoms with van der Waals surface area (Å²) >= 11 is 0. The zero-order chi connectivity index (χ0) is 11.5. The summed E-state index contributed by atoms with van der Waals surface area (Å²) in [5.41, 5.74) is 0. The Balaban J connectivity index is -0.0000000937. The molecule has 0 aliphatic carbocycles. The monoisotopic (exact) mass is 360 g/mol. The number of hydrogen-bond acceptors (Lipinski definition) is 3. The molecule has 0 spiro atoms. The van der Waals surface area contributed by atoms with Crippen LogP contribution in [0.15, 0.2) is 0 Å². The second kappa shape index (κ2) is 15.4. The summed E-state index contributed by atoms with van der Waals surface area (Å²) in [5.74, 6) is 0. The average molecular weight is 361 g/mol. The summed E-state index contributed by atoms with van der Waals surface area (Å²) in [5, 5.41) is 0. The van der Waals surface area contributed by atoms with E-state index in [1.54, 1.807) is 0 Å². The topological polar surface area (TPSA) is 27.7 Å². The van der Waals surface area contributed by atoms with E-state index < -0.39 is 26.2 Å². The minimum atomic E-state index is -1.93. The second-order valence-corrected chi connectivity index (χ2v) is 15.0. The fourth-order valence-corrected chi connectivity index (χ4v) is 13.5. The largest absolute Gasteiger partial charge is 0.439 e. The van der Waals surface area contributed by atoms with Crippen molar-refractivity contribution >= 4 is 26.2 Å². The molecule has 1 heterocycles. The van der Waals surface area contributed by atoms with E-state index in [0.717, 1.165) is 13.0 Å². The Morgan fingerprint density at radius 3 is 1.71 bits per heavy atom. The van der Waals surface area contributed by atoms with Crippen LogP contribution in [-0.2, 0) is 12.7 Å². The summed E-state index contributed by atoms with van der Waals surface area (Å²) in [6.45, 7) is 11.7. The molecule has 6 heteroatoms. The van der Waals surface area contributed by atoms with Gasteiger partial charge in [-0.15, -0.1) is 0 Å². The minimum Gasteiger partial charge on any atom is -0.439 e. The van der Waals surface area contributed by atoms with Crippen LogP contribution >= 0.6 is 0 Å². The fourth-order valence-electron chi connectivity index (χ4n) is 2.04. The molecular formula is C15H48O3Si3. The predicted octanol–water partition coefficient (Wildman–Crippen LogP) is 6.40. The Morgan fingerprint density at radius 2 is 1.24 bits per heavy atom. The van der Waals surface area contributed by atoms with Gasteiger partial charge in [-0.25, -0.2) is 0 Å². The summed E-state index contributed by atoms with van der Waals surface area (Å²) in [6, 6.07) is 1.26. The van der Waals surface area contributed by atoms with Crippen molar-refractivity contribution in [2.75, 3.05) is 6.61 Å². The summed E-state index contributed by atoms with van der Waals surface area (Å²) in [6.07, 6.45) is 2.41. The van der Waals surface area contributed by atoms with Crippen molar-refractivity contribution in [2.24, 2.45) is 0 Å². The molecule has 0 N–H and O–H groups in total. The highest BCUT2D eigenvalue weighted by Crippen LogP contribution is 2.21. The summed E-state index contributed by atoms with van der Waals surface area (Å²) in [4.78, 5) is 0. The van der Waals surface area contributed by atoms with Crippen LogP contribution in [-0.4, -0.2) is 32.8 Å². The first-order valence-corrected chi connectivity index (χ1v) is 13.9. The lowest BCUT2D eigenvalue weighted by molar-refractivity contribution is 0.223. The van der Waals surface area contributed by atoms with Gasteiger partial charge in [0.05, 0.1) is 0 Å². The van der Waals surface area contributed by atoms with E-state index in [9.17, 15) is 0 Å². The first-order valence-electron chi connectivity index (χ1n) is 5.83. The summed E-state index contributed by atoms with van der Waals surface area (Å²) < 4.78 is 18.2. The van der Waals surface area contributed by atoms with E-state index in [1.807, 2.05) is 0 Å². The van der Waals surface area contributed by atoms with Gasteiger partial charge in [-0.3, -0.25) is 0 Å². The highest BCUT2D eigenvalue weighted by atomic mass is 28.5. The van der Waals surface area contributed by atoms with E-state index in [0.29, 0.717) is 0 Å². The first-order chi connectivity index (χ1) is 6.81. The van der Waals surface area contributed by atoms with Crippen LogP contribution in [0.4, 0.5) is 0 Å². The average Bonchev–Trinajstić information content (AvgIpc) is 1.98. The van der Waals surface area contributed by atoms with Crippen molar-refractivity contribution in [3.8, 4) is 0 Å². The highest BCUT2D eigenvalue weighted by Gasteiger charge is 2.37. The third kappa shape index (κ3) is 16.7. The SMILES string of the molecule is C.C.C.C.C.C.C[SiH]1CCCCO[Si](C)(C)O[Si](C)(C)O1. The predicted molar refractivity (Wildman–Crippen MR) is 111 cm³/mol. The molecule has 138 valence electrons. The summed E-state index contributed by atoms with van der Waals surface area (Å²) in [7, 11) is -4.86. The van der Waals surface area contributed by atoms with Crippen LogP contribution in [0.1, 0.15) is 57.4 Å². The number of hydrogen-bond donors (Lipinski definition) is 0. The highest BCUT2D eigenvalue weighted by molar-refractivity contribution is 6.82. The van der Waals surface area contributed by atoms with Crippen LogP contribution in [0.3, 0.4) is 0 Å².